The molecule has 2 N–H and O–H groups in total. The van der Waals surface area contributed by atoms with E-state index in [2.05, 4.69) is 78.4 Å². The van der Waals surface area contributed by atoms with Crippen molar-refractivity contribution in [2.24, 2.45) is 0 Å². The van der Waals surface area contributed by atoms with E-state index in [1.165, 1.54) is 11.1 Å². The second-order valence-corrected chi connectivity index (χ2v) is 8.16. The first-order valence-corrected chi connectivity index (χ1v) is 10.2. The first kappa shape index (κ1) is 18.2. The summed E-state index contributed by atoms with van der Waals surface area (Å²) in [7, 11) is 0. The molecular weight excluding hydrogens is 402 g/mol. The summed E-state index contributed by atoms with van der Waals surface area (Å²) < 4.78 is 3.16. The Morgan fingerprint density at radius 2 is 1.63 bits per heavy atom. The fourth-order valence-electron chi connectivity index (χ4n) is 3.61. The maximum Gasteiger partial charge on any atom is 0.0870 e. The first-order valence-electron chi connectivity index (χ1n) is 9.37. The van der Waals surface area contributed by atoms with E-state index >= 15 is 0 Å². The van der Waals surface area contributed by atoms with Crippen LogP contribution in [0.5, 0.6) is 0 Å². The van der Waals surface area contributed by atoms with Gasteiger partial charge in [-0.2, -0.15) is 0 Å². The minimum absolute atomic E-state index is 0.443. The topological polar surface area (TPSA) is 60.0 Å². The number of benzene rings is 2. The summed E-state index contributed by atoms with van der Waals surface area (Å²) in [6.45, 7) is 3.15. The third kappa shape index (κ3) is 4.76. The molecule has 5 nitrogen and oxygen atoms in total. The van der Waals surface area contributed by atoms with Crippen LogP contribution < -0.4 is 5.73 Å². The largest absolute Gasteiger partial charge is 0.399 e. The van der Waals surface area contributed by atoms with Crippen LogP contribution in [-0.4, -0.2) is 33.0 Å². The molecule has 0 atom stereocenters. The van der Waals surface area contributed by atoms with E-state index in [-0.39, 0.29) is 0 Å². The molecule has 0 bridgehead atoms. The number of halogens is 1. The zero-order chi connectivity index (χ0) is 18.6. The zero-order valence-corrected chi connectivity index (χ0v) is 16.8. The monoisotopic (exact) mass is 425 g/mol. The van der Waals surface area contributed by atoms with Crippen LogP contribution in [0.3, 0.4) is 0 Å². The molecule has 2 aromatic carbocycles. The number of hydrogen-bond donors (Lipinski definition) is 1. The lowest BCUT2D eigenvalue weighted by Crippen LogP contribution is -2.34. The Hall–Kier alpha value is -2.18. The van der Waals surface area contributed by atoms with Crippen LogP contribution in [0.25, 0.3) is 0 Å². The van der Waals surface area contributed by atoms with Gasteiger partial charge in [0.25, 0.3) is 0 Å². The number of rotatable bonds is 5. The minimum Gasteiger partial charge on any atom is -0.399 e. The van der Waals surface area contributed by atoms with Gasteiger partial charge in [-0.1, -0.05) is 45.4 Å². The van der Waals surface area contributed by atoms with Gasteiger partial charge in [0.1, 0.15) is 0 Å². The molecule has 27 heavy (non-hydrogen) atoms. The smallest absolute Gasteiger partial charge is 0.0870 e. The first-order chi connectivity index (χ1) is 13.2. The second-order valence-electron chi connectivity index (χ2n) is 7.24. The number of piperidine rings is 1. The van der Waals surface area contributed by atoms with Crippen molar-refractivity contribution in [2.75, 3.05) is 18.8 Å². The average Bonchev–Trinajstić information content (AvgIpc) is 3.15. The third-order valence-electron chi connectivity index (χ3n) is 5.17. The Morgan fingerprint density at radius 1 is 0.963 bits per heavy atom. The van der Waals surface area contributed by atoms with Crippen molar-refractivity contribution in [3.63, 3.8) is 0 Å². The summed E-state index contributed by atoms with van der Waals surface area (Å²) in [6.07, 6.45) is 5.15. The molecule has 0 amide bonds. The number of hydrogen-bond acceptors (Lipinski definition) is 4. The molecule has 1 aliphatic rings. The molecule has 1 saturated heterocycles. The summed E-state index contributed by atoms with van der Waals surface area (Å²) in [5, 5.41) is 8.78. The summed E-state index contributed by atoms with van der Waals surface area (Å²) in [6, 6.07) is 17.0. The maximum absolute atomic E-state index is 5.77. The quantitative estimate of drug-likeness (QED) is 0.626. The predicted molar refractivity (Wildman–Crippen MR) is 111 cm³/mol. The van der Waals surface area contributed by atoms with Gasteiger partial charge in [-0.15, -0.1) is 5.10 Å². The third-order valence-corrected chi connectivity index (χ3v) is 5.70. The number of nitrogens with zero attached hydrogens (tertiary/aromatic N) is 4. The number of anilines is 1. The van der Waals surface area contributed by atoms with E-state index < -0.39 is 0 Å². The normalized spacial score (nSPS) is 15.9. The Labute approximate surface area is 168 Å². The van der Waals surface area contributed by atoms with Crippen LogP contribution in [0.15, 0.2) is 59.2 Å². The maximum atomic E-state index is 5.77. The molecule has 0 aliphatic carbocycles. The van der Waals surface area contributed by atoms with Crippen molar-refractivity contribution >= 4 is 21.6 Å². The van der Waals surface area contributed by atoms with Crippen LogP contribution in [0.2, 0.25) is 0 Å². The minimum atomic E-state index is 0.443. The van der Waals surface area contributed by atoms with Crippen molar-refractivity contribution < 1.29 is 0 Å². The predicted octanol–water partition coefficient (Wildman–Crippen LogP) is 4.05. The van der Waals surface area contributed by atoms with Gasteiger partial charge in [-0.05, 0) is 48.2 Å². The van der Waals surface area contributed by atoms with Crippen molar-refractivity contribution in [3.8, 4) is 0 Å². The van der Waals surface area contributed by atoms with Crippen molar-refractivity contribution in [2.45, 2.75) is 31.8 Å². The Kier molecular flexibility index (Phi) is 5.55. The van der Waals surface area contributed by atoms with Gasteiger partial charge >= 0.3 is 0 Å². The molecule has 0 radical (unpaired) electrons. The van der Waals surface area contributed by atoms with Gasteiger partial charge in [0.2, 0.25) is 0 Å². The van der Waals surface area contributed by atoms with E-state index in [4.69, 9.17) is 5.73 Å². The average molecular weight is 426 g/mol. The number of aromatic nitrogens is 3. The van der Waals surface area contributed by atoms with Crippen LogP contribution >= 0.6 is 15.9 Å². The van der Waals surface area contributed by atoms with Crippen molar-refractivity contribution in [1.29, 1.82) is 0 Å². The van der Waals surface area contributed by atoms with Gasteiger partial charge in [0.15, 0.2) is 0 Å². The highest BCUT2D eigenvalue weighted by atomic mass is 79.9. The van der Waals surface area contributed by atoms with Crippen LogP contribution in [0, 0.1) is 0 Å². The molecule has 0 saturated carbocycles. The Balaban J connectivity index is 1.31. The van der Waals surface area contributed by atoms with E-state index in [0.29, 0.717) is 6.04 Å². The lowest BCUT2D eigenvalue weighted by molar-refractivity contribution is 0.172. The molecule has 0 spiro atoms. The van der Waals surface area contributed by atoms with Gasteiger partial charge in [0, 0.05) is 42.4 Å². The molecule has 3 aromatic rings. The fourth-order valence-corrected chi connectivity index (χ4v) is 3.87. The number of nitrogen functional groups attached to an aromatic ring is 1. The zero-order valence-electron chi connectivity index (χ0n) is 15.3. The molecule has 6 heteroatoms. The number of likely N-dealkylation sites (tertiary alicyclic amines) is 1. The lowest BCUT2D eigenvalue weighted by Gasteiger charge is -2.31. The molecule has 1 aromatic heterocycles. The summed E-state index contributed by atoms with van der Waals surface area (Å²) in [5.41, 5.74) is 10.2. The van der Waals surface area contributed by atoms with Crippen molar-refractivity contribution in [3.05, 3.63) is 76.0 Å². The van der Waals surface area contributed by atoms with Gasteiger partial charge in [-0.3, -0.25) is 4.90 Å². The van der Waals surface area contributed by atoms with Crippen LogP contribution in [0.4, 0.5) is 5.69 Å². The summed E-state index contributed by atoms with van der Waals surface area (Å²) in [4.78, 5) is 2.50. The molecule has 1 aliphatic heterocycles. The molecule has 4 rings (SSSR count). The molecular formula is C21H24BrN5. The second kappa shape index (κ2) is 8.23. The standard InChI is InChI=1S/C21H24BrN5/c22-18-5-1-16(2-6-18)13-20-15-27(25-24-20)21-9-11-26(12-10-21)14-17-3-7-19(23)8-4-17/h1-8,15,21H,9-14,23H2. The van der Waals surface area contributed by atoms with E-state index in [1.54, 1.807) is 0 Å². The fraction of sp³-hybridized carbons (Fsp3) is 0.333. The van der Waals surface area contributed by atoms with E-state index in [0.717, 1.165) is 54.8 Å². The van der Waals surface area contributed by atoms with Crippen molar-refractivity contribution in [1.82, 2.24) is 19.9 Å². The molecule has 1 fully saturated rings. The highest BCUT2D eigenvalue weighted by Gasteiger charge is 2.21. The molecule has 2 heterocycles. The SMILES string of the molecule is Nc1ccc(CN2CCC(n3cc(Cc4ccc(Br)cc4)nn3)CC2)cc1. The summed E-state index contributed by atoms with van der Waals surface area (Å²) in [5.74, 6) is 0. The Morgan fingerprint density at radius 3 is 2.33 bits per heavy atom. The van der Waals surface area contributed by atoms with Gasteiger partial charge < -0.3 is 5.73 Å². The lowest BCUT2D eigenvalue weighted by atomic mass is 10.0. The Bertz CT molecular complexity index is 864. The van der Waals surface area contributed by atoms with E-state index in [1.807, 2.05) is 12.1 Å². The van der Waals surface area contributed by atoms with E-state index in [9.17, 15) is 0 Å². The van der Waals surface area contributed by atoms with Crippen LogP contribution in [0.1, 0.15) is 35.7 Å². The van der Waals surface area contributed by atoms with Crippen LogP contribution in [-0.2, 0) is 13.0 Å². The van der Waals surface area contributed by atoms with Gasteiger partial charge in [-0.25, -0.2) is 4.68 Å². The van der Waals surface area contributed by atoms with Gasteiger partial charge in [0.05, 0.1) is 11.7 Å². The molecule has 0 unspecified atom stereocenters. The highest BCUT2D eigenvalue weighted by molar-refractivity contribution is 9.10. The molecule has 140 valence electrons. The highest BCUT2D eigenvalue weighted by Crippen LogP contribution is 2.23. The number of nitrogens with two attached hydrogens (primary N) is 1. The summed E-state index contributed by atoms with van der Waals surface area (Å²) >= 11 is 3.47.